The van der Waals surface area contributed by atoms with Crippen LogP contribution in [0.2, 0.25) is 0 Å². The molecule has 1 atom stereocenters. The molecule has 0 aliphatic rings. The summed E-state index contributed by atoms with van der Waals surface area (Å²) in [6.07, 6.45) is 1.33. The van der Waals surface area contributed by atoms with Gasteiger partial charge in [0.15, 0.2) is 5.16 Å². The molecule has 0 bridgehead atoms. The molecular formula is C17H21N3O2S. The molecule has 1 aromatic carbocycles. The van der Waals surface area contributed by atoms with E-state index in [1.165, 1.54) is 17.8 Å². The maximum Gasteiger partial charge on any atom is 0.251 e. The van der Waals surface area contributed by atoms with Crippen molar-refractivity contribution in [3.8, 4) is 0 Å². The zero-order valence-electron chi connectivity index (χ0n) is 13.6. The van der Waals surface area contributed by atoms with Crippen LogP contribution in [-0.4, -0.2) is 21.1 Å². The Morgan fingerprint density at radius 2 is 2.13 bits per heavy atom. The standard InChI is InChI=1S/C17H21N3O2S/c1-4-12-10-15(21)20-17(19-12)23-14(5-2)16(22)18-13-8-6-7-11(3)9-13/h6-10,14H,4-5H2,1-3H3,(H,18,22)(H,19,20,21). The second kappa shape index (κ2) is 7.97. The Morgan fingerprint density at radius 1 is 1.35 bits per heavy atom. The van der Waals surface area contributed by atoms with Gasteiger partial charge in [0, 0.05) is 17.4 Å². The lowest BCUT2D eigenvalue weighted by molar-refractivity contribution is -0.115. The molecule has 0 spiro atoms. The van der Waals surface area contributed by atoms with Crippen molar-refractivity contribution in [2.45, 2.75) is 44.0 Å². The van der Waals surface area contributed by atoms with E-state index in [1.54, 1.807) is 0 Å². The number of hydrogen-bond acceptors (Lipinski definition) is 4. The number of nitrogens with one attached hydrogen (secondary N) is 2. The Bertz CT molecular complexity index is 743. The van der Waals surface area contributed by atoms with Crippen LogP contribution in [0, 0.1) is 6.92 Å². The van der Waals surface area contributed by atoms with Crippen LogP contribution in [0.4, 0.5) is 5.69 Å². The third kappa shape index (κ3) is 4.96. The highest BCUT2D eigenvalue weighted by Gasteiger charge is 2.19. The van der Waals surface area contributed by atoms with E-state index in [9.17, 15) is 9.59 Å². The third-order valence-electron chi connectivity index (χ3n) is 3.34. The first-order valence-electron chi connectivity index (χ1n) is 7.66. The van der Waals surface area contributed by atoms with Gasteiger partial charge in [-0.05, 0) is 37.5 Å². The van der Waals surface area contributed by atoms with E-state index in [-0.39, 0.29) is 16.7 Å². The van der Waals surface area contributed by atoms with Crippen LogP contribution in [0.5, 0.6) is 0 Å². The quantitative estimate of drug-likeness (QED) is 0.630. The number of aromatic amines is 1. The Hall–Kier alpha value is -2.08. The SMILES string of the molecule is CCc1cc(=O)[nH]c(SC(CC)C(=O)Nc2cccc(C)c2)n1. The molecule has 6 heteroatoms. The zero-order valence-corrected chi connectivity index (χ0v) is 14.4. The summed E-state index contributed by atoms with van der Waals surface area (Å²) >= 11 is 1.29. The van der Waals surface area contributed by atoms with Gasteiger partial charge in [-0.25, -0.2) is 4.98 Å². The number of H-pyrrole nitrogens is 1. The van der Waals surface area contributed by atoms with Gasteiger partial charge in [-0.15, -0.1) is 0 Å². The Balaban J connectivity index is 2.11. The average Bonchev–Trinajstić information content (AvgIpc) is 2.51. The number of amides is 1. The van der Waals surface area contributed by atoms with Crippen LogP contribution >= 0.6 is 11.8 Å². The molecule has 0 fully saturated rings. The van der Waals surface area contributed by atoms with Crippen molar-refractivity contribution in [1.29, 1.82) is 0 Å². The lowest BCUT2D eigenvalue weighted by atomic mass is 10.2. The summed E-state index contributed by atoms with van der Waals surface area (Å²) in [5, 5.41) is 3.09. The number of anilines is 1. The Kier molecular flexibility index (Phi) is 5.98. The summed E-state index contributed by atoms with van der Waals surface area (Å²) in [7, 11) is 0. The number of thioether (sulfide) groups is 1. The summed E-state index contributed by atoms with van der Waals surface area (Å²) in [6, 6.07) is 9.15. The second-order valence-electron chi connectivity index (χ2n) is 5.27. The van der Waals surface area contributed by atoms with Crippen LogP contribution in [0.25, 0.3) is 0 Å². The van der Waals surface area contributed by atoms with Crippen LogP contribution in [-0.2, 0) is 11.2 Å². The van der Waals surface area contributed by atoms with E-state index in [2.05, 4.69) is 15.3 Å². The Morgan fingerprint density at radius 3 is 2.78 bits per heavy atom. The van der Waals surface area contributed by atoms with E-state index in [1.807, 2.05) is 45.0 Å². The molecule has 1 heterocycles. The molecule has 2 aromatic rings. The number of carbonyl (C=O) groups is 1. The van der Waals surface area contributed by atoms with Gasteiger partial charge >= 0.3 is 0 Å². The van der Waals surface area contributed by atoms with Crippen LogP contribution in [0.3, 0.4) is 0 Å². The maximum atomic E-state index is 12.4. The molecule has 0 aliphatic carbocycles. The second-order valence-corrected chi connectivity index (χ2v) is 6.46. The minimum Gasteiger partial charge on any atom is -0.325 e. The fourth-order valence-electron chi connectivity index (χ4n) is 2.12. The predicted molar refractivity (Wildman–Crippen MR) is 94.0 cm³/mol. The molecule has 0 saturated heterocycles. The van der Waals surface area contributed by atoms with Gasteiger partial charge < -0.3 is 10.3 Å². The molecule has 23 heavy (non-hydrogen) atoms. The topological polar surface area (TPSA) is 74.8 Å². The molecule has 1 aromatic heterocycles. The lowest BCUT2D eigenvalue weighted by Gasteiger charge is -2.14. The first-order chi connectivity index (χ1) is 11.0. The normalized spacial score (nSPS) is 12.0. The maximum absolute atomic E-state index is 12.4. The largest absolute Gasteiger partial charge is 0.325 e. The van der Waals surface area contributed by atoms with E-state index < -0.39 is 0 Å². The highest BCUT2D eigenvalue weighted by molar-refractivity contribution is 8.00. The van der Waals surface area contributed by atoms with Crippen molar-refractivity contribution in [3.05, 3.63) is 51.9 Å². The molecule has 122 valence electrons. The summed E-state index contributed by atoms with van der Waals surface area (Å²) < 4.78 is 0. The number of carbonyl (C=O) groups excluding carboxylic acids is 1. The first kappa shape index (κ1) is 17.3. The van der Waals surface area contributed by atoms with Crippen molar-refractivity contribution >= 4 is 23.4 Å². The monoisotopic (exact) mass is 331 g/mol. The minimum absolute atomic E-state index is 0.0901. The molecule has 0 saturated carbocycles. The van der Waals surface area contributed by atoms with Gasteiger partial charge in [-0.3, -0.25) is 9.59 Å². The number of hydrogen-bond donors (Lipinski definition) is 2. The fraction of sp³-hybridized carbons (Fsp3) is 0.353. The van der Waals surface area contributed by atoms with E-state index in [4.69, 9.17) is 0 Å². The minimum atomic E-state index is -0.314. The van der Waals surface area contributed by atoms with Crippen molar-refractivity contribution < 1.29 is 4.79 Å². The molecule has 1 unspecified atom stereocenters. The molecule has 5 nitrogen and oxygen atoms in total. The Labute approximate surface area is 139 Å². The average molecular weight is 331 g/mol. The number of aryl methyl sites for hydroxylation is 2. The molecular weight excluding hydrogens is 310 g/mol. The predicted octanol–water partition coefficient (Wildman–Crippen LogP) is 3.15. The smallest absolute Gasteiger partial charge is 0.251 e. The van der Waals surface area contributed by atoms with Gasteiger partial charge in [0.25, 0.3) is 5.56 Å². The van der Waals surface area contributed by atoms with Crippen molar-refractivity contribution in [2.24, 2.45) is 0 Å². The van der Waals surface area contributed by atoms with E-state index >= 15 is 0 Å². The van der Waals surface area contributed by atoms with Crippen molar-refractivity contribution in [1.82, 2.24) is 9.97 Å². The summed E-state index contributed by atoms with van der Waals surface area (Å²) in [6.45, 7) is 5.86. The van der Waals surface area contributed by atoms with Crippen LogP contribution in [0.1, 0.15) is 31.5 Å². The highest BCUT2D eigenvalue weighted by Crippen LogP contribution is 2.23. The number of benzene rings is 1. The van der Waals surface area contributed by atoms with Gasteiger partial charge in [0.2, 0.25) is 5.91 Å². The lowest BCUT2D eigenvalue weighted by Crippen LogP contribution is -2.25. The van der Waals surface area contributed by atoms with E-state index in [0.717, 1.165) is 16.9 Å². The summed E-state index contributed by atoms with van der Waals surface area (Å²) in [5.41, 5.74) is 2.40. The zero-order chi connectivity index (χ0) is 16.8. The van der Waals surface area contributed by atoms with Crippen molar-refractivity contribution in [2.75, 3.05) is 5.32 Å². The van der Waals surface area contributed by atoms with Gasteiger partial charge in [0.05, 0.1) is 5.25 Å². The number of rotatable bonds is 6. The number of aromatic nitrogens is 2. The summed E-state index contributed by atoms with van der Waals surface area (Å²) in [5.74, 6) is -0.0901. The molecule has 0 radical (unpaired) electrons. The highest BCUT2D eigenvalue weighted by atomic mass is 32.2. The molecule has 1 amide bonds. The molecule has 2 N–H and O–H groups in total. The third-order valence-corrected chi connectivity index (χ3v) is 4.59. The van der Waals surface area contributed by atoms with Gasteiger partial charge in [-0.1, -0.05) is 37.7 Å². The van der Waals surface area contributed by atoms with Gasteiger partial charge in [-0.2, -0.15) is 0 Å². The molecule has 0 aliphatic heterocycles. The van der Waals surface area contributed by atoms with E-state index in [0.29, 0.717) is 18.0 Å². The number of nitrogens with zero attached hydrogens (tertiary/aromatic N) is 1. The molecule has 2 rings (SSSR count). The van der Waals surface area contributed by atoms with Crippen LogP contribution in [0.15, 0.2) is 40.3 Å². The fourth-order valence-corrected chi connectivity index (χ4v) is 3.05. The summed E-state index contributed by atoms with van der Waals surface area (Å²) in [4.78, 5) is 31.1. The van der Waals surface area contributed by atoms with Crippen molar-refractivity contribution in [3.63, 3.8) is 0 Å². The van der Waals surface area contributed by atoms with Crippen LogP contribution < -0.4 is 10.9 Å². The van der Waals surface area contributed by atoms with Gasteiger partial charge in [0.1, 0.15) is 0 Å². The first-order valence-corrected chi connectivity index (χ1v) is 8.54.